The van der Waals surface area contributed by atoms with Crippen molar-refractivity contribution in [2.45, 2.75) is 13.0 Å². The highest BCUT2D eigenvalue weighted by molar-refractivity contribution is 5.75. The summed E-state index contributed by atoms with van der Waals surface area (Å²) < 4.78 is 28.3. The van der Waals surface area contributed by atoms with Crippen LogP contribution < -0.4 is 9.47 Å². The first-order valence-electron chi connectivity index (χ1n) is 4.96. The quantitative estimate of drug-likeness (QED) is 0.717. The lowest BCUT2D eigenvalue weighted by Crippen LogP contribution is -2.37. The van der Waals surface area contributed by atoms with Gasteiger partial charge in [0.05, 0.1) is 6.61 Å². The minimum Gasteiger partial charge on any atom is -0.485 e. The molecule has 1 aliphatic heterocycles. The third-order valence-electron chi connectivity index (χ3n) is 2.11. The molecular formula is C11H11FO4. The van der Waals surface area contributed by atoms with Crippen molar-refractivity contribution in [3.05, 3.63) is 24.0 Å². The lowest BCUT2D eigenvalue weighted by atomic mass is 10.2. The topological polar surface area (TPSA) is 44.8 Å². The Kier molecular flexibility index (Phi) is 2.94. The number of carbonyl (C=O) groups excluding carboxylic acids is 1. The molecule has 1 unspecified atom stereocenters. The first kappa shape index (κ1) is 10.7. The molecule has 1 heterocycles. The molecule has 0 saturated heterocycles. The standard InChI is InChI=1S/C11H11FO4/c1-2-14-11(13)10-6-15-8-4-3-7(12)5-9(8)16-10/h3-5,10H,2,6H2,1H3. The van der Waals surface area contributed by atoms with Gasteiger partial charge in [0.2, 0.25) is 6.10 Å². The Hall–Kier alpha value is -1.78. The van der Waals surface area contributed by atoms with Crippen LogP contribution in [0, 0.1) is 5.82 Å². The number of esters is 1. The van der Waals surface area contributed by atoms with Crippen LogP contribution in [0.2, 0.25) is 0 Å². The van der Waals surface area contributed by atoms with E-state index in [-0.39, 0.29) is 19.0 Å². The average molecular weight is 226 g/mol. The van der Waals surface area contributed by atoms with Gasteiger partial charge in [-0.2, -0.15) is 0 Å². The van der Waals surface area contributed by atoms with Crippen molar-refractivity contribution in [2.24, 2.45) is 0 Å². The number of ether oxygens (including phenoxy) is 3. The number of halogens is 1. The molecule has 1 aromatic rings. The van der Waals surface area contributed by atoms with Crippen LogP contribution in [-0.4, -0.2) is 25.3 Å². The van der Waals surface area contributed by atoms with E-state index in [1.807, 2.05) is 0 Å². The van der Waals surface area contributed by atoms with Crippen molar-refractivity contribution >= 4 is 5.97 Å². The zero-order chi connectivity index (χ0) is 11.5. The van der Waals surface area contributed by atoms with Gasteiger partial charge in [-0.15, -0.1) is 0 Å². The van der Waals surface area contributed by atoms with Gasteiger partial charge in [0.15, 0.2) is 11.5 Å². The third kappa shape index (κ3) is 2.08. The second kappa shape index (κ2) is 4.38. The van der Waals surface area contributed by atoms with Gasteiger partial charge in [-0.1, -0.05) is 0 Å². The Balaban J connectivity index is 2.13. The van der Waals surface area contributed by atoms with Crippen LogP contribution in [0.1, 0.15) is 6.92 Å². The normalized spacial score (nSPS) is 18.0. The van der Waals surface area contributed by atoms with Gasteiger partial charge in [0, 0.05) is 6.07 Å². The van der Waals surface area contributed by atoms with Gasteiger partial charge in [-0.3, -0.25) is 0 Å². The van der Waals surface area contributed by atoms with Crippen LogP contribution in [0.3, 0.4) is 0 Å². The second-order valence-electron chi connectivity index (χ2n) is 3.26. The molecule has 0 fully saturated rings. The van der Waals surface area contributed by atoms with Crippen molar-refractivity contribution in [3.63, 3.8) is 0 Å². The van der Waals surface area contributed by atoms with E-state index in [1.165, 1.54) is 18.2 Å². The van der Waals surface area contributed by atoms with Crippen molar-refractivity contribution < 1.29 is 23.4 Å². The second-order valence-corrected chi connectivity index (χ2v) is 3.26. The van der Waals surface area contributed by atoms with E-state index < -0.39 is 17.9 Å². The number of hydrogen-bond donors (Lipinski definition) is 0. The largest absolute Gasteiger partial charge is 0.485 e. The van der Waals surface area contributed by atoms with Crippen LogP contribution in [0.25, 0.3) is 0 Å². The molecule has 0 saturated carbocycles. The van der Waals surface area contributed by atoms with Crippen LogP contribution >= 0.6 is 0 Å². The predicted octanol–water partition coefficient (Wildman–Crippen LogP) is 1.53. The summed E-state index contributed by atoms with van der Waals surface area (Å²) in [5.74, 6) is -0.282. The number of fused-ring (bicyclic) bond motifs is 1. The summed E-state index contributed by atoms with van der Waals surface area (Å²) in [6.07, 6.45) is -0.825. The van der Waals surface area contributed by atoms with Gasteiger partial charge < -0.3 is 14.2 Å². The third-order valence-corrected chi connectivity index (χ3v) is 2.11. The number of rotatable bonds is 2. The first-order chi connectivity index (χ1) is 7.70. The number of carbonyl (C=O) groups is 1. The van der Waals surface area contributed by atoms with E-state index >= 15 is 0 Å². The van der Waals surface area contributed by atoms with Crippen molar-refractivity contribution in [1.82, 2.24) is 0 Å². The molecule has 5 heteroatoms. The highest BCUT2D eigenvalue weighted by atomic mass is 19.1. The highest BCUT2D eigenvalue weighted by Crippen LogP contribution is 2.32. The molecule has 4 nitrogen and oxygen atoms in total. The smallest absolute Gasteiger partial charge is 0.350 e. The highest BCUT2D eigenvalue weighted by Gasteiger charge is 2.28. The monoisotopic (exact) mass is 226 g/mol. The van der Waals surface area contributed by atoms with E-state index in [4.69, 9.17) is 14.2 Å². The molecule has 0 spiro atoms. The van der Waals surface area contributed by atoms with Gasteiger partial charge in [0.25, 0.3) is 0 Å². The van der Waals surface area contributed by atoms with Crippen LogP contribution in [-0.2, 0) is 9.53 Å². The Morgan fingerprint density at radius 1 is 1.56 bits per heavy atom. The van der Waals surface area contributed by atoms with Crippen LogP contribution in [0.5, 0.6) is 11.5 Å². The summed E-state index contributed by atoms with van der Waals surface area (Å²) in [5.41, 5.74) is 0. The maximum absolute atomic E-state index is 12.9. The number of hydrogen-bond acceptors (Lipinski definition) is 4. The minimum absolute atomic E-state index is 0.0808. The van der Waals surface area contributed by atoms with E-state index in [0.29, 0.717) is 5.75 Å². The predicted molar refractivity (Wildman–Crippen MR) is 52.9 cm³/mol. The maximum atomic E-state index is 12.9. The zero-order valence-corrected chi connectivity index (χ0v) is 8.73. The lowest BCUT2D eigenvalue weighted by Gasteiger charge is -2.24. The van der Waals surface area contributed by atoms with E-state index in [0.717, 1.165) is 0 Å². The summed E-state index contributed by atoms with van der Waals surface area (Å²) in [4.78, 5) is 11.4. The SMILES string of the molecule is CCOC(=O)C1COc2ccc(F)cc2O1. The Morgan fingerprint density at radius 2 is 2.38 bits per heavy atom. The summed E-state index contributed by atoms with van der Waals surface area (Å²) in [5, 5.41) is 0. The van der Waals surface area contributed by atoms with Crippen molar-refractivity contribution in [1.29, 1.82) is 0 Å². The maximum Gasteiger partial charge on any atom is 0.350 e. The summed E-state index contributed by atoms with van der Waals surface area (Å²) >= 11 is 0. The molecule has 16 heavy (non-hydrogen) atoms. The van der Waals surface area contributed by atoms with Gasteiger partial charge in [-0.05, 0) is 19.1 Å². The molecular weight excluding hydrogens is 215 g/mol. The summed E-state index contributed by atoms with van der Waals surface area (Å²) in [6, 6.07) is 3.92. The molecule has 0 N–H and O–H groups in total. The van der Waals surface area contributed by atoms with Crippen molar-refractivity contribution in [2.75, 3.05) is 13.2 Å². The fraction of sp³-hybridized carbons (Fsp3) is 0.364. The van der Waals surface area contributed by atoms with Gasteiger partial charge in [-0.25, -0.2) is 9.18 Å². The molecule has 86 valence electrons. The molecule has 0 radical (unpaired) electrons. The molecule has 2 rings (SSSR count). The molecule has 1 atom stereocenters. The Bertz CT molecular complexity index is 405. The molecule has 1 aliphatic rings. The Labute approximate surface area is 91.9 Å². The summed E-state index contributed by atoms with van der Waals surface area (Å²) in [6.45, 7) is 2.06. The van der Waals surface area contributed by atoms with E-state index in [2.05, 4.69) is 0 Å². The van der Waals surface area contributed by atoms with Gasteiger partial charge in [0.1, 0.15) is 12.4 Å². The fourth-order valence-electron chi connectivity index (χ4n) is 1.40. The zero-order valence-electron chi connectivity index (χ0n) is 8.73. The van der Waals surface area contributed by atoms with E-state index in [9.17, 15) is 9.18 Å². The lowest BCUT2D eigenvalue weighted by molar-refractivity contribution is -0.153. The number of benzene rings is 1. The average Bonchev–Trinajstić information content (AvgIpc) is 2.28. The molecule has 0 amide bonds. The van der Waals surface area contributed by atoms with Crippen molar-refractivity contribution in [3.8, 4) is 11.5 Å². The molecule has 0 bridgehead atoms. The summed E-state index contributed by atoms with van der Waals surface area (Å²) in [7, 11) is 0. The van der Waals surface area contributed by atoms with Crippen LogP contribution in [0.4, 0.5) is 4.39 Å². The molecule has 0 aliphatic carbocycles. The molecule has 1 aromatic carbocycles. The Morgan fingerprint density at radius 3 is 3.12 bits per heavy atom. The minimum atomic E-state index is -0.825. The first-order valence-corrected chi connectivity index (χ1v) is 4.96. The fourth-order valence-corrected chi connectivity index (χ4v) is 1.40. The van der Waals surface area contributed by atoms with E-state index in [1.54, 1.807) is 6.92 Å². The van der Waals surface area contributed by atoms with Gasteiger partial charge >= 0.3 is 5.97 Å². The van der Waals surface area contributed by atoms with Crippen LogP contribution in [0.15, 0.2) is 18.2 Å². The molecule has 0 aromatic heterocycles.